The van der Waals surface area contributed by atoms with Crippen LogP contribution in [0.3, 0.4) is 0 Å². The first-order chi connectivity index (χ1) is 5.93. The minimum absolute atomic E-state index is 0.317. The summed E-state index contributed by atoms with van der Waals surface area (Å²) in [5, 5.41) is 0. The molecule has 4 heteroatoms. The summed E-state index contributed by atoms with van der Waals surface area (Å²) < 4.78 is 0. The first-order valence-electron chi connectivity index (χ1n) is 3.54. The Morgan fingerprint density at radius 1 is 1.33 bits per heavy atom. The lowest BCUT2D eigenvalue weighted by atomic mass is 10.2. The van der Waals surface area contributed by atoms with Gasteiger partial charge >= 0.3 is 6.47 Å². The second-order valence-corrected chi connectivity index (χ2v) is 2.16. The fourth-order valence-electron chi connectivity index (χ4n) is 0.800. The molecule has 0 saturated heterocycles. The standard InChI is InChI=1S/C8H10N2O2/c11-7-12-10-9-6-8-4-2-1-3-5-8/h1-5,7,9-10H,6H2. The van der Waals surface area contributed by atoms with Gasteiger partial charge in [0, 0.05) is 6.54 Å². The van der Waals surface area contributed by atoms with E-state index < -0.39 is 0 Å². The van der Waals surface area contributed by atoms with Crippen molar-refractivity contribution in [3.63, 3.8) is 0 Å². The summed E-state index contributed by atoms with van der Waals surface area (Å²) in [7, 11) is 0. The maximum absolute atomic E-state index is 9.69. The Bertz CT molecular complexity index is 226. The number of hydrogen-bond donors (Lipinski definition) is 2. The molecule has 0 aromatic heterocycles. The van der Waals surface area contributed by atoms with Crippen LogP contribution < -0.4 is 11.0 Å². The maximum atomic E-state index is 9.69. The molecule has 0 atom stereocenters. The highest BCUT2D eigenvalue weighted by Gasteiger charge is 1.88. The van der Waals surface area contributed by atoms with Crippen molar-refractivity contribution in [3.8, 4) is 0 Å². The highest BCUT2D eigenvalue weighted by molar-refractivity contribution is 5.36. The number of benzene rings is 1. The molecule has 0 fully saturated rings. The lowest BCUT2D eigenvalue weighted by Gasteiger charge is -2.02. The van der Waals surface area contributed by atoms with E-state index in [0.717, 1.165) is 5.56 Å². The zero-order valence-corrected chi connectivity index (χ0v) is 6.49. The minimum Gasteiger partial charge on any atom is -0.359 e. The van der Waals surface area contributed by atoms with E-state index in [4.69, 9.17) is 0 Å². The molecule has 0 bridgehead atoms. The lowest BCUT2D eigenvalue weighted by Crippen LogP contribution is -2.30. The van der Waals surface area contributed by atoms with Gasteiger partial charge in [-0.1, -0.05) is 35.9 Å². The van der Waals surface area contributed by atoms with Crippen molar-refractivity contribution in [1.29, 1.82) is 0 Å². The Morgan fingerprint density at radius 2 is 2.08 bits per heavy atom. The fourth-order valence-corrected chi connectivity index (χ4v) is 0.800. The molecular weight excluding hydrogens is 156 g/mol. The van der Waals surface area contributed by atoms with Crippen LogP contribution in [0.5, 0.6) is 0 Å². The molecule has 0 aliphatic rings. The Labute approximate surface area is 70.5 Å². The third-order valence-electron chi connectivity index (χ3n) is 1.31. The van der Waals surface area contributed by atoms with Gasteiger partial charge in [0.1, 0.15) is 0 Å². The molecule has 0 spiro atoms. The molecule has 1 aromatic rings. The first-order valence-corrected chi connectivity index (χ1v) is 3.54. The van der Waals surface area contributed by atoms with Gasteiger partial charge in [-0.05, 0) is 5.56 Å². The van der Waals surface area contributed by atoms with Crippen LogP contribution in [0.25, 0.3) is 0 Å². The van der Waals surface area contributed by atoms with E-state index in [1.165, 1.54) is 0 Å². The molecule has 0 radical (unpaired) electrons. The number of hydrogen-bond acceptors (Lipinski definition) is 4. The van der Waals surface area contributed by atoms with Gasteiger partial charge in [0.25, 0.3) is 0 Å². The molecule has 1 aromatic carbocycles. The lowest BCUT2D eigenvalue weighted by molar-refractivity contribution is -0.137. The van der Waals surface area contributed by atoms with Gasteiger partial charge in [0.15, 0.2) is 0 Å². The number of carbonyl (C=O) groups is 1. The molecule has 0 heterocycles. The topological polar surface area (TPSA) is 50.4 Å². The summed E-state index contributed by atoms with van der Waals surface area (Å²) >= 11 is 0. The molecule has 64 valence electrons. The predicted molar refractivity (Wildman–Crippen MR) is 43.6 cm³/mol. The van der Waals surface area contributed by atoms with Gasteiger partial charge in [-0.3, -0.25) is 4.79 Å². The smallest absolute Gasteiger partial charge is 0.314 e. The Hall–Kier alpha value is -1.39. The van der Waals surface area contributed by atoms with Crippen molar-refractivity contribution in [1.82, 2.24) is 11.0 Å². The second-order valence-electron chi connectivity index (χ2n) is 2.16. The van der Waals surface area contributed by atoms with Crippen molar-refractivity contribution < 1.29 is 9.63 Å². The highest BCUT2D eigenvalue weighted by Crippen LogP contribution is 1.95. The van der Waals surface area contributed by atoms with E-state index in [1.807, 2.05) is 30.3 Å². The monoisotopic (exact) mass is 166 g/mol. The molecule has 0 amide bonds. The number of hydrazine groups is 1. The van der Waals surface area contributed by atoms with Crippen molar-refractivity contribution in [2.45, 2.75) is 6.54 Å². The molecule has 0 aliphatic heterocycles. The zero-order valence-electron chi connectivity index (χ0n) is 6.49. The van der Waals surface area contributed by atoms with Crippen molar-refractivity contribution in [2.75, 3.05) is 0 Å². The van der Waals surface area contributed by atoms with Crippen LogP contribution in [0.1, 0.15) is 5.56 Å². The van der Waals surface area contributed by atoms with Crippen LogP contribution in [0.2, 0.25) is 0 Å². The van der Waals surface area contributed by atoms with Crippen molar-refractivity contribution in [3.05, 3.63) is 35.9 Å². The molecular formula is C8H10N2O2. The van der Waals surface area contributed by atoms with Gasteiger partial charge in [-0.2, -0.15) is 0 Å². The van der Waals surface area contributed by atoms with Crippen LogP contribution in [-0.2, 0) is 16.2 Å². The summed E-state index contributed by atoms with van der Waals surface area (Å²) in [6.07, 6.45) is 0. The third kappa shape index (κ3) is 3.14. The van der Waals surface area contributed by atoms with E-state index in [1.54, 1.807) is 0 Å². The zero-order chi connectivity index (χ0) is 8.65. The average molecular weight is 166 g/mol. The van der Waals surface area contributed by atoms with Crippen LogP contribution in [0, 0.1) is 0 Å². The maximum Gasteiger partial charge on any atom is 0.314 e. The van der Waals surface area contributed by atoms with Crippen LogP contribution in [0.4, 0.5) is 0 Å². The fraction of sp³-hybridized carbons (Fsp3) is 0.125. The molecule has 12 heavy (non-hydrogen) atoms. The van der Waals surface area contributed by atoms with Crippen LogP contribution in [0.15, 0.2) is 30.3 Å². The van der Waals surface area contributed by atoms with E-state index in [0.29, 0.717) is 13.0 Å². The summed E-state index contributed by atoms with van der Waals surface area (Å²) in [5.74, 6) is 0. The number of nitrogens with one attached hydrogen (secondary N) is 2. The Balaban J connectivity index is 2.20. The van der Waals surface area contributed by atoms with Gasteiger partial charge in [0.2, 0.25) is 0 Å². The predicted octanol–water partition coefficient (Wildman–Crippen LogP) is 0.369. The largest absolute Gasteiger partial charge is 0.359 e. The Morgan fingerprint density at radius 3 is 2.75 bits per heavy atom. The highest BCUT2D eigenvalue weighted by atomic mass is 16.7. The molecule has 0 aliphatic carbocycles. The van der Waals surface area contributed by atoms with E-state index in [-0.39, 0.29) is 0 Å². The van der Waals surface area contributed by atoms with Crippen LogP contribution >= 0.6 is 0 Å². The molecule has 2 N–H and O–H groups in total. The summed E-state index contributed by atoms with van der Waals surface area (Å²) in [4.78, 5) is 13.9. The first kappa shape index (κ1) is 8.70. The number of rotatable bonds is 5. The van der Waals surface area contributed by atoms with Gasteiger partial charge < -0.3 is 4.84 Å². The summed E-state index contributed by atoms with van der Waals surface area (Å²) in [6.45, 7) is 0.923. The quantitative estimate of drug-likeness (QED) is 0.377. The van der Waals surface area contributed by atoms with E-state index >= 15 is 0 Å². The van der Waals surface area contributed by atoms with Gasteiger partial charge in [0.05, 0.1) is 0 Å². The van der Waals surface area contributed by atoms with Crippen molar-refractivity contribution in [2.24, 2.45) is 0 Å². The summed E-state index contributed by atoms with van der Waals surface area (Å²) in [6, 6.07) is 9.76. The van der Waals surface area contributed by atoms with Gasteiger partial charge in [-0.15, -0.1) is 0 Å². The molecule has 4 nitrogen and oxygen atoms in total. The van der Waals surface area contributed by atoms with E-state index in [2.05, 4.69) is 15.9 Å². The third-order valence-corrected chi connectivity index (χ3v) is 1.31. The molecule has 0 unspecified atom stereocenters. The van der Waals surface area contributed by atoms with Gasteiger partial charge in [-0.25, -0.2) is 5.43 Å². The number of carbonyl (C=O) groups excluding carboxylic acids is 1. The molecule has 1 rings (SSSR count). The van der Waals surface area contributed by atoms with E-state index in [9.17, 15) is 4.79 Å². The second kappa shape index (κ2) is 5.29. The van der Waals surface area contributed by atoms with Crippen molar-refractivity contribution >= 4 is 6.47 Å². The van der Waals surface area contributed by atoms with Crippen LogP contribution in [-0.4, -0.2) is 6.47 Å². The minimum atomic E-state index is 0.317. The SMILES string of the molecule is O=CONNCc1ccccc1. The molecule has 0 saturated carbocycles. The normalized spacial score (nSPS) is 9.33. The summed E-state index contributed by atoms with van der Waals surface area (Å²) in [5.41, 5.74) is 6.08. The Kier molecular flexibility index (Phi) is 3.83. The average Bonchev–Trinajstić information content (AvgIpc) is 2.14.